The van der Waals surface area contributed by atoms with Gasteiger partial charge in [0.2, 0.25) is 0 Å². The number of rotatable bonds is 1. The maximum atomic E-state index is 11.7. The van der Waals surface area contributed by atoms with Crippen molar-refractivity contribution in [2.24, 2.45) is 0 Å². The zero-order valence-corrected chi connectivity index (χ0v) is 9.67. The number of hydrogen-bond acceptors (Lipinski definition) is 3. The summed E-state index contributed by atoms with van der Waals surface area (Å²) in [6.45, 7) is 2.48. The molecule has 2 aromatic heterocycles. The highest BCUT2D eigenvalue weighted by Gasteiger charge is 2.25. The molecule has 1 aliphatic heterocycles. The van der Waals surface area contributed by atoms with Crippen LogP contribution >= 0.6 is 0 Å². The van der Waals surface area contributed by atoms with Crippen LogP contribution in [0.1, 0.15) is 33.9 Å². The van der Waals surface area contributed by atoms with Crippen LogP contribution < -0.4 is 5.32 Å². The molecule has 0 saturated carbocycles. The Morgan fingerprint density at radius 1 is 1.56 bits per heavy atom. The van der Waals surface area contributed by atoms with E-state index in [1.54, 1.807) is 16.7 Å². The Bertz CT molecular complexity index is 675. The van der Waals surface area contributed by atoms with E-state index in [9.17, 15) is 9.59 Å². The third-order valence-electron chi connectivity index (χ3n) is 3.14. The van der Waals surface area contributed by atoms with Crippen molar-refractivity contribution in [3.05, 3.63) is 29.6 Å². The predicted octanol–water partition coefficient (Wildman–Crippen LogP) is 1.04. The number of nitrogens with one attached hydrogen (secondary N) is 1. The Morgan fingerprint density at radius 2 is 2.33 bits per heavy atom. The number of hydrogen-bond donors (Lipinski definition) is 2. The summed E-state index contributed by atoms with van der Waals surface area (Å²) in [6, 6.07) is 4.92. The molecule has 0 spiro atoms. The van der Waals surface area contributed by atoms with E-state index < -0.39 is 5.97 Å². The molecule has 6 heteroatoms. The third kappa shape index (κ3) is 1.38. The minimum Gasteiger partial charge on any atom is -0.477 e. The number of fused-ring (bicyclic) bond motifs is 3. The molecule has 0 fully saturated rings. The fourth-order valence-electron chi connectivity index (χ4n) is 2.26. The molecule has 3 heterocycles. The average Bonchev–Trinajstić information content (AvgIpc) is 2.73. The number of carbonyl (C=O) groups excluding carboxylic acids is 1. The van der Waals surface area contributed by atoms with Crippen molar-refractivity contribution in [3.63, 3.8) is 0 Å². The number of carboxylic acids is 1. The largest absolute Gasteiger partial charge is 0.477 e. The van der Waals surface area contributed by atoms with E-state index in [0.717, 1.165) is 5.39 Å². The fraction of sp³-hybridized carbons (Fsp3) is 0.250. The molecule has 1 aliphatic rings. The van der Waals surface area contributed by atoms with Gasteiger partial charge in [-0.3, -0.25) is 4.79 Å². The lowest BCUT2D eigenvalue weighted by atomic mass is 10.2. The molecule has 92 valence electrons. The molecule has 6 nitrogen and oxygen atoms in total. The van der Waals surface area contributed by atoms with E-state index >= 15 is 0 Å². The van der Waals surface area contributed by atoms with Crippen molar-refractivity contribution >= 4 is 22.9 Å². The van der Waals surface area contributed by atoms with Crippen LogP contribution in [0.25, 0.3) is 11.0 Å². The Hall–Kier alpha value is -2.37. The second-order valence-corrected chi connectivity index (χ2v) is 4.37. The van der Waals surface area contributed by atoms with E-state index in [-0.39, 0.29) is 17.6 Å². The van der Waals surface area contributed by atoms with Gasteiger partial charge in [-0.25, -0.2) is 9.78 Å². The van der Waals surface area contributed by atoms with Gasteiger partial charge in [0.1, 0.15) is 11.3 Å². The first kappa shape index (κ1) is 10.8. The van der Waals surface area contributed by atoms with E-state index in [0.29, 0.717) is 17.9 Å². The van der Waals surface area contributed by atoms with Crippen molar-refractivity contribution in [3.8, 4) is 0 Å². The summed E-state index contributed by atoms with van der Waals surface area (Å²) >= 11 is 0. The first-order valence-corrected chi connectivity index (χ1v) is 5.61. The molecule has 3 rings (SSSR count). The highest BCUT2D eigenvalue weighted by molar-refractivity contribution is 5.99. The van der Waals surface area contributed by atoms with Gasteiger partial charge in [0.05, 0.1) is 6.04 Å². The minimum absolute atomic E-state index is 0.0124. The molecular formula is C12H11N3O3. The van der Waals surface area contributed by atoms with E-state index in [1.807, 2.05) is 6.92 Å². The molecule has 1 amide bonds. The molecule has 18 heavy (non-hydrogen) atoms. The van der Waals surface area contributed by atoms with Gasteiger partial charge in [0.25, 0.3) is 5.91 Å². The number of nitrogens with zero attached hydrogens (tertiary/aromatic N) is 2. The minimum atomic E-state index is -1.07. The zero-order chi connectivity index (χ0) is 12.9. The lowest BCUT2D eigenvalue weighted by Crippen LogP contribution is -2.37. The molecular weight excluding hydrogens is 234 g/mol. The van der Waals surface area contributed by atoms with E-state index in [4.69, 9.17) is 5.11 Å². The Kier molecular flexibility index (Phi) is 2.13. The van der Waals surface area contributed by atoms with Crippen LogP contribution in [0.4, 0.5) is 0 Å². The van der Waals surface area contributed by atoms with E-state index in [1.165, 1.54) is 6.07 Å². The van der Waals surface area contributed by atoms with Crippen molar-refractivity contribution in [2.45, 2.75) is 13.0 Å². The van der Waals surface area contributed by atoms with Crippen LogP contribution in [0.5, 0.6) is 0 Å². The SMILES string of the molecule is C[C@H]1CNC(=O)c2cc3ccc(C(=O)O)nc3n21. The number of amides is 1. The number of pyridine rings is 1. The molecule has 0 unspecified atom stereocenters. The number of carbonyl (C=O) groups is 2. The standard InChI is InChI=1S/C12H11N3O3/c1-6-5-13-11(16)9-4-7-2-3-8(12(17)18)14-10(7)15(6)9/h2-4,6H,5H2,1H3,(H,13,16)(H,17,18)/t6-/m0/s1. The molecule has 0 aromatic carbocycles. The zero-order valence-electron chi connectivity index (χ0n) is 9.67. The van der Waals surface area contributed by atoms with Crippen molar-refractivity contribution in [1.29, 1.82) is 0 Å². The maximum absolute atomic E-state index is 11.7. The molecule has 0 aliphatic carbocycles. The van der Waals surface area contributed by atoms with Gasteiger partial charge < -0.3 is 15.0 Å². The molecule has 2 N–H and O–H groups in total. The van der Waals surface area contributed by atoms with Gasteiger partial charge in [0.15, 0.2) is 5.69 Å². The summed E-state index contributed by atoms with van der Waals surface area (Å²) in [5.74, 6) is -1.22. The molecule has 1 atom stereocenters. The van der Waals surface area contributed by atoms with Crippen LogP contribution in [0.15, 0.2) is 18.2 Å². The molecule has 0 bridgehead atoms. The smallest absolute Gasteiger partial charge is 0.354 e. The summed E-state index contributed by atoms with van der Waals surface area (Å²) in [4.78, 5) is 26.8. The number of carboxylic acid groups (broad SMARTS) is 1. The van der Waals surface area contributed by atoms with Gasteiger partial charge in [-0.1, -0.05) is 0 Å². The normalized spacial score (nSPS) is 18.5. The van der Waals surface area contributed by atoms with Crippen LogP contribution in [-0.4, -0.2) is 33.1 Å². The summed E-state index contributed by atoms with van der Waals surface area (Å²) in [5, 5.41) is 12.5. The quantitative estimate of drug-likeness (QED) is 0.786. The van der Waals surface area contributed by atoms with Gasteiger partial charge in [-0.05, 0) is 25.1 Å². The lowest BCUT2D eigenvalue weighted by Gasteiger charge is -2.23. The van der Waals surface area contributed by atoms with Crippen molar-refractivity contribution < 1.29 is 14.7 Å². The Labute approximate surface area is 102 Å². The molecule has 2 aromatic rings. The van der Waals surface area contributed by atoms with Crippen molar-refractivity contribution in [1.82, 2.24) is 14.9 Å². The monoisotopic (exact) mass is 245 g/mol. The van der Waals surface area contributed by atoms with Crippen LogP contribution in [0.2, 0.25) is 0 Å². The summed E-state index contributed by atoms with van der Waals surface area (Å²) < 4.78 is 1.79. The van der Waals surface area contributed by atoms with Crippen LogP contribution in [0, 0.1) is 0 Å². The highest BCUT2D eigenvalue weighted by Crippen LogP contribution is 2.25. The number of aromatic carboxylic acids is 1. The van der Waals surface area contributed by atoms with Gasteiger partial charge in [-0.2, -0.15) is 0 Å². The molecule has 0 radical (unpaired) electrons. The summed E-state index contributed by atoms with van der Waals surface area (Å²) in [6.07, 6.45) is 0. The van der Waals surface area contributed by atoms with E-state index in [2.05, 4.69) is 10.3 Å². The maximum Gasteiger partial charge on any atom is 0.354 e. The first-order chi connectivity index (χ1) is 8.58. The Balaban J connectivity index is 2.32. The second kappa shape index (κ2) is 3.56. The first-order valence-electron chi connectivity index (χ1n) is 5.61. The lowest BCUT2D eigenvalue weighted by molar-refractivity contribution is 0.0690. The topological polar surface area (TPSA) is 84.2 Å². The van der Waals surface area contributed by atoms with Crippen LogP contribution in [-0.2, 0) is 0 Å². The molecule has 0 saturated heterocycles. The highest BCUT2D eigenvalue weighted by atomic mass is 16.4. The Morgan fingerprint density at radius 3 is 3.06 bits per heavy atom. The third-order valence-corrected chi connectivity index (χ3v) is 3.14. The summed E-state index contributed by atoms with van der Waals surface area (Å²) in [7, 11) is 0. The average molecular weight is 245 g/mol. The van der Waals surface area contributed by atoms with Gasteiger partial charge in [0, 0.05) is 11.9 Å². The second-order valence-electron chi connectivity index (χ2n) is 4.37. The predicted molar refractivity (Wildman–Crippen MR) is 63.7 cm³/mol. The fourth-order valence-corrected chi connectivity index (χ4v) is 2.26. The van der Waals surface area contributed by atoms with Crippen molar-refractivity contribution in [2.75, 3.05) is 6.54 Å². The van der Waals surface area contributed by atoms with Gasteiger partial charge in [-0.15, -0.1) is 0 Å². The summed E-state index contributed by atoms with van der Waals surface area (Å²) in [5.41, 5.74) is 1.06. The van der Waals surface area contributed by atoms with Gasteiger partial charge >= 0.3 is 5.97 Å². The number of aromatic nitrogens is 2. The van der Waals surface area contributed by atoms with Crippen LogP contribution in [0.3, 0.4) is 0 Å².